The molecule has 0 unspecified atom stereocenters. The van der Waals surface area contributed by atoms with E-state index >= 15 is 0 Å². The van der Waals surface area contributed by atoms with Gasteiger partial charge in [0.2, 0.25) is 0 Å². The average molecular weight is 273 g/mol. The highest BCUT2D eigenvalue weighted by molar-refractivity contribution is 5.89. The summed E-state index contributed by atoms with van der Waals surface area (Å²) < 4.78 is 10.4. The lowest BCUT2D eigenvalue weighted by Crippen LogP contribution is -2.06. The van der Waals surface area contributed by atoms with Crippen LogP contribution in [-0.4, -0.2) is 12.6 Å². The van der Waals surface area contributed by atoms with E-state index in [-0.39, 0.29) is 5.97 Å². The van der Waals surface area contributed by atoms with Gasteiger partial charge in [-0.1, -0.05) is 6.92 Å². The van der Waals surface area contributed by atoms with Crippen molar-refractivity contribution in [2.24, 2.45) is 0 Å². The molecular formula is C16H19NO3. The first-order chi connectivity index (χ1) is 9.70. The quantitative estimate of drug-likeness (QED) is 0.814. The number of hydrogen-bond acceptors (Lipinski definition) is 4. The van der Waals surface area contributed by atoms with E-state index < -0.39 is 0 Å². The van der Waals surface area contributed by atoms with E-state index in [4.69, 9.17) is 9.15 Å². The number of nitrogens with one attached hydrogen (secondary N) is 1. The van der Waals surface area contributed by atoms with Gasteiger partial charge in [0.1, 0.15) is 5.76 Å². The van der Waals surface area contributed by atoms with Gasteiger partial charge in [-0.25, -0.2) is 4.79 Å². The molecule has 4 heteroatoms. The summed E-state index contributed by atoms with van der Waals surface area (Å²) >= 11 is 0. The largest absolute Gasteiger partial charge is 0.467 e. The molecule has 0 atom stereocenters. The van der Waals surface area contributed by atoms with Crippen LogP contribution < -0.4 is 5.32 Å². The van der Waals surface area contributed by atoms with Gasteiger partial charge in [-0.3, -0.25) is 0 Å². The Morgan fingerprint density at radius 3 is 2.60 bits per heavy atom. The third-order valence-corrected chi connectivity index (χ3v) is 2.98. The zero-order chi connectivity index (χ0) is 14.4. The average Bonchev–Trinajstić information content (AvgIpc) is 2.88. The molecule has 0 aliphatic heterocycles. The summed E-state index contributed by atoms with van der Waals surface area (Å²) in [6, 6.07) is 9.18. The highest BCUT2D eigenvalue weighted by Gasteiger charge is 2.06. The van der Waals surface area contributed by atoms with Gasteiger partial charge in [0, 0.05) is 5.69 Å². The van der Waals surface area contributed by atoms with E-state index in [2.05, 4.69) is 5.32 Å². The number of aryl methyl sites for hydroxylation is 1. The number of carbonyl (C=O) groups is 1. The summed E-state index contributed by atoms with van der Waals surface area (Å²) in [5.41, 5.74) is 2.63. The van der Waals surface area contributed by atoms with Crippen molar-refractivity contribution >= 4 is 11.7 Å². The van der Waals surface area contributed by atoms with Crippen molar-refractivity contribution in [1.29, 1.82) is 0 Å². The highest BCUT2D eigenvalue weighted by atomic mass is 16.5. The summed E-state index contributed by atoms with van der Waals surface area (Å²) in [5.74, 6) is 0.636. The molecule has 2 rings (SSSR count). The van der Waals surface area contributed by atoms with Crippen LogP contribution in [-0.2, 0) is 11.3 Å². The molecule has 0 bridgehead atoms. The maximum Gasteiger partial charge on any atom is 0.338 e. The number of esters is 1. The molecule has 0 aliphatic carbocycles. The number of anilines is 1. The first kappa shape index (κ1) is 14.2. The van der Waals surface area contributed by atoms with Crippen LogP contribution in [0.3, 0.4) is 0 Å². The molecule has 0 spiro atoms. The summed E-state index contributed by atoms with van der Waals surface area (Å²) in [4.78, 5) is 11.6. The maximum atomic E-state index is 11.6. The summed E-state index contributed by atoms with van der Waals surface area (Å²) in [6.45, 7) is 5.05. The van der Waals surface area contributed by atoms with E-state index in [0.717, 1.165) is 23.4 Å². The molecule has 106 valence electrons. The van der Waals surface area contributed by atoms with Crippen LogP contribution in [0, 0.1) is 6.92 Å². The van der Waals surface area contributed by atoms with Gasteiger partial charge in [-0.2, -0.15) is 0 Å². The van der Waals surface area contributed by atoms with Gasteiger partial charge < -0.3 is 14.5 Å². The Balaban J connectivity index is 1.91. The van der Waals surface area contributed by atoms with Crippen molar-refractivity contribution in [2.45, 2.75) is 26.8 Å². The molecule has 1 N–H and O–H groups in total. The number of benzene rings is 1. The van der Waals surface area contributed by atoms with E-state index in [1.165, 1.54) is 0 Å². The Kier molecular flexibility index (Phi) is 4.82. The Hall–Kier alpha value is -2.23. The predicted molar refractivity (Wildman–Crippen MR) is 77.8 cm³/mol. The van der Waals surface area contributed by atoms with Crippen LogP contribution >= 0.6 is 0 Å². The summed E-state index contributed by atoms with van der Waals surface area (Å²) in [5, 5.41) is 3.25. The third-order valence-electron chi connectivity index (χ3n) is 2.98. The highest BCUT2D eigenvalue weighted by Crippen LogP contribution is 2.14. The number of ether oxygens (including phenoxy) is 1. The molecule has 1 aromatic carbocycles. The Bertz CT molecular complexity index is 557. The standard InChI is InChI=1S/C16H19NO3/c1-3-9-20-16(18)13-4-6-14(7-5-13)17-11-15-12(2)8-10-19-15/h4-8,10,17H,3,9,11H2,1-2H3. The predicted octanol–water partition coefficient (Wildman–Crippen LogP) is 3.77. The van der Waals surface area contributed by atoms with Crippen LogP contribution in [0.15, 0.2) is 41.0 Å². The van der Waals surface area contributed by atoms with Crippen LogP contribution in [0.25, 0.3) is 0 Å². The Morgan fingerprint density at radius 1 is 1.25 bits per heavy atom. The second-order valence-corrected chi connectivity index (χ2v) is 4.59. The number of furan rings is 1. The van der Waals surface area contributed by atoms with Gasteiger partial charge in [-0.05, 0) is 49.2 Å². The molecule has 1 heterocycles. The van der Waals surface area contributed by atoms with Crippen molar-refractivity contribution in [2.75, 3.05) is 11.9 Å². The molecule has 2 aromatic rings. The molecule has 4 nitrogen and oxygen atoms in total. The van der Waals surface area contributed by atoms with E-state index in [1.54, 1.807) is 18.4 Å². The van der Waals surface area contributed by atoms with Crippen LogP contribution in [0.4, 0.5) is 5.69 Å². The van der Waals surface area contributed by atoms with E-state index in [1.807, 2.05) is 32.0 Å². The summed E-state index contributed by atoms with van der Waals surface area (Å²) in [7, 11) is 0. The van der Waals surface area contributed by atoms with Gasteiger partial charge >= 0.3 is 5.97 Å². The first-order valence-corrected chi connectivity index (χ1v) is 6.74. The number of rotatable bonds is 6. The van der Waals surface area contributed by atoms with E-state index in [9.17, 15) is 4.79 Å². The van der Waals surface area contributed by atoms with Gasteiger partial charge in [0.15, 0.2) is 0 Å². The second-order valence-electron chi connectivity index (χ2n) is 4.59. The fourth-order valence-electron chi connectivity index (χ4n) is 1.77. The van der Waals surface area contributed by atoms with Crippen molar-refractivity contribution < 1.29 is 13.9 Å². The first-order valence-electron chi connectivity index (χ1n) is 6.74. The molecule has 0 saturated carbocycles. The minimum absolute atomic E-state index is 0.278. The zero-order valence-electron chi connectivity index (χ0n) is 11.8. The summed E-state index contributed by atoms with van der Waals surface area (Å²) in [6.07, 6.45) is 2.51. The molecule has 0 aliphatic rings. The van der Waals surface area contributed by atoms with Gasteiger partial charge in [0.05, 0.1) is 25.0 Å². The number of carbonyl (C=O) groups excluding carboxylic acids is 1. The normalized spacial score (nSPS) is 10.3. The van der Waals surface area contributed by atoms with Gasteiger partial charge in [0.25, 0.3) is 0 Å². The monoisotopic (exact) mass is 273 g/mol. The molecule has 0 fully saturated rings. The van der Waals surface area contributed by atoms with Crippen LogP contribution in [0.2, 0.25) is 0 Å². The third kappa shape index (κ3) is 3.63. The maximum absolute atomic E-state index is 11.6. The topological polar surface area (TPSA) is 51.5 Å². The number of hydrogen-bond donors (Lipinski definition) is 1. The Morgan fingerprint density at radius 2 is 2.00 bits per heavy atom. The fraction of sp³-hybridized carbons (Fsp3) is 0.312. The van der Waals surface area contributed by atoms with Crippen molar-refractivity contribution in [1.82, 2.24) is 0 Å². The SMILES string of the molecule is CCCOC(=O)c1ccc(NCc2occc2C)cc1. The van der Waals surface area contributed by atoms with Gasteiger partial charge in [-0.15, -0.1) is 0 Å². The zero-order valence-corrected chi connectivity index (χ0v) is 11.8. The van der Waals surface area contributed by atoms with E-state index in [0.29, 0.717) is 18.7 Å². The lowest BCUT2D eigenvalue weighted by molar-refractivity contribution is 0.0505. The minimum Gasteiger partial charge on any atom is -0.467 e. The van der Waals surface area contributed by atoms with Crippen molar-refractivity contribution in [3.63, 3.8) is 0 Å². The lowest BCUT2D eigenvalue weighted by atomic mass is 10.2. The molecular weight excluding hydrogens is 254 g/mol. The molecule has 0 amide bonds. The molecule has 0 saturated heterocycles. The fourth-order valence-corrected chi connectivity index (χ4v) is 1.77. The molecule has 20 heavy (non-hydrogen) atoms. The van der Waals surface area contributed by atoms with Crippen LogP contribution in [0.5, 0.6) is 0 Å². The Labute approximate surface area is 118 Å². The van der Waals surface area contributed by atoms with Crippen molar-refractivity contribution in [3.8, 4) is 0 Å². The molecule has 1 aromatic heterocycles. The van der Waals surface area contributed by atoms with Crippen LogP contribution in [0.1, 0.15) is 35.0 Å². The minimum atomic E-state index is -0.278. The smallest absolute Gasteiger partial charge is 0.338 e. The van der Waals surface area contributed by atoms with Crippen molar-refractivity contribution in [3.05, 3.63) is 53.5 Å². The molecule has 0 radical (unpaired) electrons. The second kappa shape index (κ2) is 6.80. The lowest BCUT2D eigenvalue weighted by Gasteiger charge is -2.07.